The first-order valence-electron chi connectivity index (χ1n) is 9.49. The van der Waals surface area contributed by atoms with Gasteiger partial charge in [-0.3, -0.25) is 0 Å². The molecule has 1 aromatic rings. The number of aliphatic imine (C=N–C) groups is 1. The van der Waals surface area contributed by atoms with Crippen molar-refractivity contribution in [2.24, 2.45) is 10.9 Å². The average Bonchev–Trinajstić information content (AvgIpc) is 3.14. The molecule has 0 saturated carbocycles. The molecule has 0 spiro atoms. The van der Waals surface area contributed by atoms with Gasteiger partial charge in [0.1, 0.15) is 5.82 Å². The molecule has 2 fully saturated rings. The fraction of sp³-hybridized carbons (Fsp3) is 0.684. The van der Waals surface area contributed by atoms with Crippen molar-refractivity contribution in [1.29, 1.82) is 0 Å². The van der Waals surface area contributed by atoms with Crippen molar-refractivity contribution < 1.29 is 0 Å². The molecule has 140 valence electrons. The zero-order valence-corrected chi connectivity index (χ0v) is 17.9. The van der Waals surface area contributed by atoms with Gasteiger partial charge in [0, 0.05) is 38.9 Å². The molecule has 1 aromatic heterocycles. The predicted octanol–water partition coefficient (Wildman–Crippen LogP) is 3.50. The minimum atomic E-state index is 0. The maximum atomic E-state index is 4.89. The summed E-state index contributed by atoms with van der Waals surface area (Å²) in [4.78, 5) is 14.2. The Labute approximate surface area is 169 Å². The van der Waals surface area contributed by atoms with E-state index in [1.807, 2.05) is 6.20 Å². The van der Waals surface area contributed by atoms with Crippen LogP contribution in [0.1, 0.15) is 45.1 Å². The zero-order chi connectivity index (χ0) is 16.8. The van der Waals surface area contributed by atoms with Gasteiger partial charge in [-0.05, 0) is 56.2 Å². The second kappa shape index (κ2) is 10.2. The number of anilines is 1. The molecule has 5 nitrogen and oxygen atoms in total. The summed E-state index contributed by atoms with van der Waals surface area (Å²) >= 11 is 0. The molecule has 6 heteroatoms. The van der Waals surface area contributed by atoms with Gasteiger partial charge in [0.25, 0.3) is 0 Å². The number of aromatic nitrogens is 1. The maximum Gasteiger partial charge on any atom is 0.194 e. The molecule has 0 radical (unpaired) electrons. The molecule has 2 aliphatic rings. The fourth-order valence-electron chi connectivity index (χ4n) is 3.49. The van der Waals surface area contributed by atoms with Crippen molar-refractivity contribution in [3.8, 4) is 0 Å². The number of pyridine rings is 1. The Morgan fingerprint density at radius 2 is 1.96 bits per heavy atom. The molecule has 25 heavy (non-hydrogen) atoms. The lowest BCUT2D eigenvalue weighted by Crippen LogP contribution is -2.45. The second-order valence-corrected chi connectivity index (χ2v) is 7.06. The topological polar surface area (TPSA) is 43.8 Å². The van der Waals surface area contributed by atoms with Crippen LogP contribution in [0.4, 0.5) is 5.82 Å². The summed E-state index contributed by atoms with van der Waals surface area (Å²) in [5.41, 5.74) is 1.24. The summed E-state index contributed by atoms with van der Waals surface area (Å²) in [7, 11) is 0. The third-order valence-corrected chi connectivity index (χ3v) is 5.07. The van der Waals surface area contributed by atoms with Gasteiger partial charge in [0.2, 0.25) is 0 Å². The maximum absolute atomic E-state index is 4.89. The third kappa shape index (κ3) is 5.72. The lowest BCUT2D eigenvalue weighted by Gasteiger charge is -2.33. The Balaban J connectivity index is 0.00000225. The van der Waals surface area contributed by atoms with Crippen molar-refractivity contribution in [2.75, 3.05) is 37.6 Å². The van der Waals surface area contributed by atoms with Crippen molar-refractivity contribution in [3.63, 3.8) is 0 Å². The van der Waals surface area contributed by atoms with Crippen LogP contribution in [-0.4, -0.2) is 48.6 Å². The van der Waals surface area contributed by atoms with E-state index in [1.54, 1.807) is 0 Å². The molecule has 0 aromatic carbocycles. The highest BCUT2D eigenvalue weighted by molar-refractivity contribution is 14.0. The molecule has 0 bridgehead atoms. The molecule has 1 N–H and O–H groups in total. The van der Waals surface area contributed by atoms with Crippen LogP contribution in [0.5, 0.6) is 0 Å². The molecule has 0 atom stereocenters. The minimum absolute atomic E-state index is 0. The van der Waals surface area contributed by atoms with Crippen LogP contribution in [0, 0.1) is 5.92 Å². The van der Waals surface area contributed by atoms with Gasteiger partial charge in [0.15, 0.2) is 5.96 Å². The molecular formula is C19H32IN5. The van der Waals surface area contributed by atoms with Crippen LogP contribution in [0.25, 0.3) is 0 Å². The standard InChI is InChI=1S/C19H31N5.HI/c1-3-20-19(24-12-7-16(2)8-13-24)22-15-17-6-9-21-18(14-17)23-10-4-5-11-23;/h6,9,14,16H,3-5,7-8,10-13,15H2,1-2H3,(H,20,22);1H. The van der Waals surface area contributed by atoms with Crippen molar-refractivity contribution in [1.82, 2.24) is 15.2 Å². The smallest absolute Gasteiger partial charge is 0.194 e. The Kier molecular flexibility index (Phi) is 8.26. The molecule has 0 amide bonds. The highest BCUT2D eigenvalue weighted by atomic mass is 127. The number of likely N-dealkylation sites (tertiary alicyclic amines) is 1. The third-order valence-electron chi connectivity index (χ3n) is 5.07. The van der Waals surface area contributed by atoms with Crippen LogP contribution >= 0.6 is 24.0 Å². The number of piperidine rings is 1. The normalized spacial score (nSPS) is 19.0. The molecule has 3 heterocycles. The van der Waals surface area contributed by atoms with Gasteiger partial charge in [-0.25, -0.2) is 9.98 Å². The minimum Gasteiger partial charge on any atom is -0.357 e. The number of nitrogens with one attached hydrogen (secondary N) is 1. The van der Waals surface area contributed by atoms with E-state index in [0.29, 0.717) is 0 Å². The van der Waals surface area contributed by atoms with Crippen LogP contribution in [-0.2, 0) is 6.54 Å². The molecule has 2 saturated heterocycles. The number of hydrogen-bond acceptors (Lipinski definition) is 3. The summed E-state index contributed by atoms with van der Waals surface area (Å²) in [6.45, 7) is 10.6. The number of guanidine groups is 1. The highest BCUT2D eigenvalue weighted by Gasteiger charge is 2.18. The fourth-order valence-corrected chi connectivity index (χ4v) is 3.49. The first-order valence-corrected chi connectivity index (χ1v) is 9.49. The Morgan fingerprint density at radius 1 is 1.24 bits per heavy atom. The number of nitrogens with zero attached hydrogens (tertiary/aromatic N) is 4. The molecule has 0 aliphatic carbocycles. The summed E-state index contributed by atoms with van der Waals surface area (Å²) < 4.78 is 0. The molecule has 0 unspecified atom stereocenters. The highest BCUT2D eigenvalue weighted by Crippen LogP contribution is 2.19. The van der Waals surface area contributed by atoms with Gasteiger partial charge in [-0.2, -0.15) is 0 Å². The van der Waals surface area contributed by atoms with E-state index in [9.17, 15) is 0 Å². The largest absolute Gasteiger partial charge is 0.357 e. The number of halogens is 1. The molecule has 2 aliphatic heterocycles. The summed E-state index contributed by atoms with van der Waals surface area (Å²) in [6.07, 6.45) is 7.01. The van der Waals surface area contributed by atoms with E-state index in [0.717, 1.165) is 57.0 Å². The first-order chi connectivity index (χ1) is 11.8. The monoisotopic (exact) mass is 457 g/mol. The van der Waals surface area contributed by atoms with Crippen molar-refractivity contribution in [3.05, 3.63) is 23.9 Å². The van der Waals surface area contributed by atoms with Crippen LogP contribution in [0.3, 0.4) is 0 Å². The Bertz CT molecular complexity index is 549. The average molecular weight is 457 g/mol. The first kappa shape index (κ1) is 20.3. The number of hydrogen-bond donors (Lipinski definition) is 1. The summed E-state index contributed by atoms with van der Waals surface area (Å²) in [6, 6.07) is 4.29. The Hall–Kier alpha value is -1.05. The van der Waals surface area contributed by atoms with Crippen LogP contribution in [0.2, 0.25) is 0 Å². The second-order valence-electron chi connectivity index (χ2n) is 7.06. The SMILES string of the molecule is CCNC(=NCc1ccnc(N2CCCC2)c1)N1CCC(C)CC1.I. The van der Waals surface area contributed by atoms with E-state index in [2.05, 4.69) is 46.1 Å². The molecular weight excluding hydrogens is 425 g/mol. The van der Waals surface area contributed by atoms with E-state index < -0.39 is 0 Å². The van der Waals surface area contributed by atoms with E-state index in [-0.39, 0.29) is 24.0 Å². The van der Waals surface area contributed by atoms with Crippen molar-refractivity contribution >= 4 is 35.8 Å². The Morgan fingerprint density at radius 3 is 2.64 bits per heavy atom. The quantitative estimate of drug-likeness (QED) is 0.427. The van der Waals surface area contributed by atoms with Crippen LogP contribution < -0.4 is 10.2 Å². The van der Waals surface area contributed by atoms with Crippen molar-refractivity contribution in [2.45, 2.75) is 46.1 Å². The predicted molar refractivity (Wildman–Crippen MR) is 116 cm³/mol. The lowest BCUT2D eigenvalue weighted by molar-refractivity contribution is 0.273. The van der Waals surface area contributed by atoms with E-state index >= 15 is 0 Å². The summed E-state index contributed by atoms with van der Waals surface area (Å²) in [5, 5.41) is 3.46. The van der Waals surface area contributed by atoms with Crippen LogP contribution in [0.15, 0.2) is 23.3 Å². The lowest BCUT2D eigenvalue weighted by atomic mass is 10.00. The zero-order valence-electron chi connectivity index (χ0n) is 15.6. The van der Waals surface area contributed by atoms with Gasteiger partial charge in [-0.15, -0.1) is 24.0 Å². The van der Waals surface area contributed by atoms with E-state index in [4.69, 9.17) is 4.99 Å². The van der Waals surface area contributed by atoms with Gasteiger partial charge in [0.05, 0.1) is 6.54 Å². The van der Waals surface area contributed by atoms with E-state index in [1.165, 1.54) is 31.2 Å². The van der Waals surface area contributed by atoms with Gasteiger partial charge in [-0.1, -0.05) is 6.92 Å². The number of rotatable bonds is 4. The van der Waals surface area contributed by atoms with Gasteiger partial charge >= 0.3 is 0 Å². The molecule has 3 rings (SSSR count). The van der Waals surface area contributed by atoms with Gasteiger partial charge < -0.3 is 15.1 Å². The summed E-state index contributed by atoms with van der Waals surface area (Å²) in [5.74, 6) is 3.01.